The molecule has 2 unspecified atom stereocenters. The van der Waals surface area contributed by atoms with Crippen molar-refractivity contribution in [3.8, 4) is 0 Å². The molecule has 7 heteroatoms. The number of halogens is 1. The maximum Gasteiger partial charge on any atom is 0.298 e. The van der Waals surface area contributed by atoms with Crippen LogP contribution in [0.25, 0.3) is 10.4 Å². The van der Waals surface area contributed by atoms with Gasteiger partial charge >= 0.3 is 0 Å². The van der Waals surface area contributed by atoms with Crippen LogP contribution in [0.5, 0.6) is 0 Å². The van der Waals surface area contributed by atoms with Gasteiger partial charge in [-0.05, 0) is 30.6 Å². The molecule has 0 aliphatic heterocycles. The standard InChI is InChI=1S/C4H9ClN3O2P/c1-3-10-11(5,9)4(2)7-8-6/h4H,3H2,1-2H3. The van der Waals surface area contributed by atoms with Gasteiger partial charge in [-0.2, -0.15) is 0 Å². The van der Waals surface area contributed by atoms with Crippen LogP contribution in [-0.4, -0.2) is 12.4 Å². The third kappa shape index (κ3) is 3.63. The van der Waals surface area contributed by atoms with E-state index in [1.807, 2.05) is 0 Å². The third-order valence-corrected chi connectivity index (χ3v) is 3.72. The van der Waals surface area contributed by atoms with Gasteiger partial charge in [0.05, 0.1) is 6.61 Å². The molecule has 5 nitrogen and oxygen atoms in total. The van der Waals surface area contributed by atoms with Crippen molar-refractivity contribution in [1.29, 1.82) is 0 Å². The van der Waals surface area contributed by atoms with Gasteiger partial charge in [-0.3, -0.25) is 4.57 Å². The molecule has 0 rings (SSSR count). The molecule has 11 heavy (non-hydrogen) atoms. The first kappa shape index (κ1) is 10.8. The van der Waals surface area contributed by atoms with Crippen molar-refractivity contribution in [2.24, 2.45) is 5.11 Å². The van der Waals surface area contributed by atoms with E-state index in [0.717, 1.165) is 0 Å². The van der Waals surface area contributed by atoms with E-state index < -0.39 is 12.5 Å². The minimum absolute atomic E-state index is 0.242. The van der Waals surface area contributed by atoms with E-state index >= 15 is 0 Å². The SMILES string of the molecule is CCOP(=O)(Cl)C(C)N=[N+]=[N-]. The van der Waals surface area contributed by atoms with Gasteiger partial charge in [0, 0.05) is 4.91 Å². The Kier molecular flexibility index (Phi) is 4.54. The molecule has 0 aromatic carbocycles. The van der Waals surface area contributed by atoms with Gasteiger partial charge in [0.1, 0.15) is 5.78 Å². The highest BCUT2D eigenvalue weighted by Crippen LogP contribution is 2.57. The van der Waals surface area contributed by atoms with Gasteiger partial charge < -0.3 is 4.52 Å². The Morgan fingerprint density at radius 3 is 2.82 bits per heavy atom. The molecule has 0 radical (unpaired) electrons. The number of hydrogen-bond acceptors (Lipinski definition) is 3. The van der Waals surface area contributed by atoms with Gasteiger partial charge in [-0.15, -0.1) is 0 Å². The zero-order valence-corrected chi connectivity index (χ0v) is 7.92. The second-order valence-corrected chi connectivity index (χ2v) is 5.24. The summed E-state index contributed by atoms with van der Waals surface area (Å²) in [5.74, 6) is -0.811. The number of rotatable bonds is 4. The molecular weight excluding hydrogens is 188 g/mol. The molecule has 0 aliphatic rings. The predicted molar refractivity (Wildman–Crippen MR) is 43.7 cm³/mol. The van der Waals surface area contributed by atoms with Crippen LogP contribution in [0.4, 0.5) is 0 Å². The Hall–Kier alpha value is -0.210. The quantitative estimate of drug-likeness (QED) is 0.301. The van der Waals surface area contributed by atoms with Gasteiger partial charge in [-0.1, -0.05) is 5.11 Å². The normalized spacial score (nSPS) is 18.1. The van der Waals surface area contributed by atoms with Crippen LogP contribution in [0.1, 0.15) is 13.8 Å². The maximum atomic E-state index is 11.2. The molecule has 0 fully saturated rings. The Morgan fingerprint density at radius 2 is 2.45 bits per heavy atom. The number of hydrogen-bond donors (Lipinski definition) is 0. The zero-order chi connectivity index (χ0) is 8.91. The lowest BCUT2D eigenvalue weighted by molar-refractivity contribution is 0.339. The zero-order valence-electron chi connectivity index (χ0n) is 6.27. The lowest BCUT2D eigenvalue weighted by atomic mass is 10.8. The fourth-order valence-electron chi connectivity index (χ4n) is 0.420. The average molecular weight is 198 g/mol. The van der Waals surface area contributed by atoms with E-state index in [9.17, 15) is 4.57 Å². The number of azide groups is 1. The van der Waals surface area contributed by atoms with Crippen LogP contribution in [-0.2, 0) is 9.09 Å². The van der Waals surface area contributed by atoms with E-state index in [0.29, 0.717) is 0 Å². The summed E-state index contributed by atoms with van der Waals surface area (Å²) in [6, 6.07) is 0. The minimum atomic E-state index is -3.25. The smallest absolute Gasteiger partial charge is 0.298 e. The third-order valence-electron chi connectivity index (χ3n) is 0.970. The van der Waals surface area contributed by atoms with Crippen molar-refractivity contribution >= 4 is 18.0 Å². The minimum Gasteiger partial charge on any atom is -0.318 e. The average Bonchev–Trinajstić information content (AvgIpc) is 1.88. The summed E-state index contributed by atoms with van der Waals surface area (Å²) < 4.78 is 15.9. The van der Waals surface area contributed by atoms with E-state index in [1.54, 1.807) is 6.92 Å². The molecule has 0 spiro atoms. The van der Waals surface area contributed by atoms with Crippen molar-refractivity contribution in [2.45, 2.75) is 19.6 Å². The molecule has 0 aromatic heterocycles. The van der Waals surface area contributed by atoms with E-state index in [1.165, 1.54) is 6.92 Å². The van der Waals surface area contributed by atoms with Gasteiger partial charge in [0.25, 0.3) is 6.72 Å². The molecule has 0 aromatic rings. The molecule has 0 heterocycles. The molecule has 0 saturated carbocycles. The summed E-state index contributed by atoms with van der Waals surface area (Å²) in [6.45, 7) is 0.106. The summed E-state index contributed by atoms with van der Waals surface area (Å²) in [6.07, 6.45) is 0. The first-order valence-electron chi connectivity index (χ1n) is 3.02. The summed E-state index contributed by atoms with van der Waals surface area (Å²) in [7, 11) is 0. The van der Waals surface area contributed by atoms with Crippen LogP contribution in [0.3, 0.4) is 0 Å². The van der Waals surface area contributed by atoms with Crippen molar-refractivity contribution in [3.05, 3.63) is 10.4 Å². The van der Waals surface area contributed by atoms with Crippen LogP contribution < -0.4 is 0 Å². The lowest BCUT2D eigenvalue weighted by Gasteiger charge is -2.12. The summed E-state index contributed by atoms with van der Waals surface area (Å²) in [5, 5.41) is 3.18. The summed E-state index contributed by atoms with van der Waals surface area (Å²) in [4.78, 5) is 2.47. The van der Waals surface area contributed by atoms with Crippen molar-refractivity contribution in [2.75, 3.05) is 6.61 Å². The molecule has 0 saturated heterocycles. The maximum absolute atomic E-state index is 11.2. The molecule has 0 amide bonds. The number of nitrogens with zero attached hydrogens (tertiary/aromatic N) is 3. The topological polar surface area (TPSA) is 75.1 Å². The van der Waals surface area contributed by atoms with E-state index in [-0.39, 0.29) is 6.61 Å². The molecular formula is C4H9ClN3O2P. The van der Waals surface area contributed by atoms with E-state index in [4.69, 9.17) is 21.3 Å². The molecule has 0 N–H and O–H groups in total. The largest absolute Gasteiger partial charge is 0.318 e. The van der Waals surface area contributed by atoms with Gasteiger partial charge in [-0.25, -0.2) is 0 Å². The fourth-order valence-corrected chi connectivity index (χ4v) is 1.57. The van der Waals surface area contributed by atoms with Crippen molar-refractivity contribution < 1.29 is 9.09 Å². The first-order valence-corrected chi connectivity index (χ1v) is 5.62. The Bertz CT molecular complexity index is 215. The summed E-state index contributed by atoms with van der Waals surface area (Å²) in [5.41, 5.74) is 7.99. The Balaban J connectivity index is 4.28. The van der Waals surface area contributed by atoms with Crippen LogP contribution in [0.2, 0.25) is 0 Å². The highest BCUT2D eigenvalue weighted by Gasteiger charge is 2.26. The van der Waals surface area contributed by atoms with Gasteiger partial charge in [0.2, 0.25) is 0 Å². The monoisotopic (exact) mass is 197 g/mol. The Morgan fingerprint density at radius 1 is 1.91 bits per heavy atom. The highest BCUT2D eigenvalue weighted by atomic mass is 35.7. The van der Waals surface area contributed by atoms with Crippen LogP contribution >= 0.6 is 18.0 Å². The highest BCUT2D eigenvalue weighted by molar-refractivity contribution is 7.85. The fraction of sp³-hybridized carbons (Fsp3) is 1.00. The molecule has 64 valence electrons. The molecule has 0 aliphatic carbocycles. The molecule has 2 atom stereocenters. The van der Waals surface area contributed by atoms with Crippen LogP contribution in [0.15, 0.2) is 5.11 Å². The first-order chi connectivity index (χ1) is 5.04. The second-order valence-electron chi connectivity index (χ2n) is 1.78. The van der Waals surface area contributed by atoms with Crippen LogP contribution in [0, 0.1) is 0 Å². The Labute approximate surface area is 69.6 Å². The summed E-state index contributed by atoms with van der Waals surface area (Å²) >= 11 is 5.43. The predicted octanol–water partition coefficient (Wildman–Crippen LogP) is 3.11. The van der Waals surface area contributed by atoms with Gasteiger partial charge in [0.15, 0.2) is 0 Å². The second kappa shape index (κ2) is 4.62. The van der Waals surface area contributed by atoms with Crippen molar-refractivity contribution in [3.63, 3.8) is 0 Å². The molecule has 0 bridgehead atoms. The van der Waals surface area contributed by atoms with Crippen molar-refractivity contribution in [1.82, 2.24) is 0 Å². The lowest BCUT2D eigenvalue weighted by Crippen LogP contribution is -1.97. The van der Waals surface area contributed by atoms with E-state index in [2.05, 4.69) is 10.0 Å².